The Morgan fingerprint density at radius 3 is 2.50 bits per heavy atom. The van der Waals surface area contributed by atoms with Gasteiger partial charge in [-0.1, -0.05) is 0 Å². The molecule has 2 rings (SSSR count). The number of alkyl halides is 3. The van der Waals surface area contributed by atoms with Gasteiger partial charge >= 0.3 is 6.18 Å². The summed E-state index contributed by atoms with van der Waals surface area (Å²) in [4.78, 5) is 7.50. The first-order valence-electron chi connectivity index (χ1n) is 5.36. The van der Waals surface area contributed by atoms with Crippen molar-refractivity contribution >= 4 is 5.82 Å². The number of nitrogens with two attached hydrogens (primary N) is 1. The van der Waals surface area contributed by atoms with E-state index in [1.165, 1.54) is 7.11 Å². The quantitative estimate of drug-likeness (QED) is 0.863. The lowest BCUT2D eigenvalue weighted by Gasteiger charge is -2.12. The third-order valence-electron chi connectivity index (χ3n) is 2.58. The molecule has 4 nitrogen and oxygen atoms in total. The highest BCUT2D eigenvalue weighted by molar-refractivity contribution is 5.72. The molecule has 0 fully saturated rings. The highest BCUT2D eigenvalue weighted by atomic mass is 19.4. The molecule has 0 aliphatic heterocycles. The summed E-state index contributed by atoms with van der Waals surface area (Å²) in [7, 11) is 1.28. The van der Waals surface area contributed by atoms with Crippen molar-refractivity contribution in [2.24, 2.45) is 0 Å². The number of benzene rings is 1. The molecule has 106 valence electrons. The first-order chi connectivity index (χ1) is 9.34. The Bertz CT molecular complexity index is 643. The van der Waals surface area contributed by atoms with Crippen LogP contribution in [0.3, 0.4) is 0 Å². The Kier molecular flexibility index (Phi) is 3.47. The summed E-state index contributed by atoms with van der Waals surface area (Å²) in [6.45, 7) is 0. The largest absolute Gasteiger partial charge is 0.491 e. The standard InChI is InChI=1S/C12H9F4N3O/c1-20-10-9(18-5-19-11(10)17)6-2-3-8(13)7(4-6)12(14,15)16/h2-5H,1H3,(H2,17,18,19). The molecule has 2 N–H and O–H groups in total. The van der Waals surface area contributed by atoms with Gasteiger partial charge in [-0.25, -0.2) is 14.4 Å². The minimum Gasteiger partial charge on any atom is -0.491 e. The number of methoxy groups -OCH3 is 1. The van der Waals surface area contributed by atoms with Gasteiger partial charge in [0.1, 0.15) is 17.8 Å². The van der Waals surface area contributed by atoms with Crippen LogP contribution in [0.25, 0.3) is 11.3 Å². The zero-order valence-electron chi connectivity index (χ0n) is 10.2. The Morgan fingerprint density at radius 2 is 1.90 bits per heavy atom. The van der Waals surface area contributed by atoms with Crippen LogP contribution >= 0.6 is 0 Å². The second-order valence-electron chi connectivity index (χ2n) is 3.83. The minimum absolute atomic E-state index is 0.0182. The van der Waals surface area contributed by atoms with Gasteiger partial charge in [-0.3, -0.25) is 0 Å². The SMILES string of the molecule is COc1c(N)ncnc1-c1ccc(F)c(C(F)(F)F)c1. The van der Waals surface area contributed by atoms with Crippen LogP contribution in [-0.2, 0) is 6.18 Å². The second kappa shape index (κ2) is 4.95. The monoisotopic (exact) mass is 287 g/mol. The molecular formula is C12H9F4N3O. The highest BCUT2D eigenvalue weighted by Gasteiger charge is 2.34. The molecule has 20 heavy (non-hydrogen) atoms. The van der Waals surface area contributed by atoms with Crippen molar-refractivity contribution in [3.8, 4) is 17.0 Å². The average Bonchev–Trinajstić information content (AvgIpc) is 2.37. The van der Waals surface area contributed by atoms with Gasteiger partial charge in [0.2, 0.25) is 0 Å². The molecule has 0 saturated heterocycles. The molecule has 0 bridgehead atoms. The van der Waals surface area contributed by atoms with E-state index in [0.717, 1.165) is 18.5 Å². The van der Waals surface area contributed by atoms with Gasteiger partial charge in [-0.05, 0) is 18.2 Å². The van der Waals surface area contributed by atoms with Crippen LogP contribution in [0.1, 0.15) is 5.56 Å². The number of hydrogen-bond donors (Lipinski definition) is 1. The third-order valence-corrected chi connectivity index (χ3v) is 2.58. The maximum atomic E-state index is 13.2. The van der Waals surface area contributed by atoms with Crippen LogP contribution in [0.4, 0.5) is 23.4 Å². The van der Waals surface area contributed by atoms with Crippen molar-refractivity contribution in [3.63, 3.8) is 0 Å². The topological polar surface area (TPSA) is 61.0 Å². The molecular weight excluding hydrogens is 278 g/mol. The van der Waals surface area contributed by atoms with E-state index >= 15 is 0 Å². The van der Waals surface area contributed by atoms with Gasteiger partial charge in [-0.15, -0.1) is 0 Å². The van der Waals surface area contributed by atoms with Crippen LogP contribution in [0.5, 0.6) is 5.75 Å². The van der Waals surface area contributed by atoms with E-state index in [2.05, 4.69) is 9.97 Å². The molecule has 2 aromatic rings. The molecule has 1 heterocycles. The van der Waals surface area contributed by atoms with Crippen molar-refractivity contribution in [1.82, 2.24) is 9.97 Å². The number of ether oxygens (including phenoxy) is 1. The molecule has 0 spiro atoms. The molecule has 8 heteroatoms. The summed E-state index contributed by atoms with van der Waals surface area (Å²) in [5, 5.41) is 0. The van der Waals surface area contributed by atoms with Crippen molar-refractivity contribution in [1.29, 1.82) is 0 Å². The molecule has 0 radical (unpaired) electrons. The van der Waals surface area contributed by atoms with Crippen molar-refractivity contribution in [3.05, 3.63) is 35.9 Å². The first kappa shape index (κ1) is 14.0. The summed E-state index contributed by atoms with van der Waals surface area (Å²) in [5.74, 6) is -1.34. The number of anilines is 1. The first-order valence-corrected chi connectivity index (χ1v) is 5.36. The molecule has 0 saturated carbocycles. The normalized spacial score (nSPS) is 11.4. The summed E-state index contributed by atoms with van der Waals surface area (Å²) >= 11 is 0. The summed E-state index contributed by atoms with van der Waals surface area (Å²) in [5.41, 5.74) is 4.26. The predicted octanol–water partition coefficient (Wildman–Crippen LogP) is 2.89. The fraction of sp³-hybridized carbons (Fsp3) is 0.167. The fourth-order valence-electron chi connectivity index (χ4n) is 1.68. The van der Waals surface area contributed by atoms with Gasteiger partial charge in [0, 0.05) is 5.56 Å². The van der Waals surface area contributed by atoms with E-state index in [1.54, 1.807) is 0 Å². The zero-order chi connectivity index (χ0) is 14.9. The van der Waals surface area contributed by atoms with E-state index in [-0.39, 0.29) is 22.8 Å². The smallest absolute Gasteiger partial charge is 0.419 e. The van der Waals surface area contributed by atoms with Crippen molar-refractivity contribution in [2.75, 3.05) is 12.8 Å². The van der Waals surface area contributed by atoms with Gasteiger partial charge in [-0.2, -0.15) is 13.2 Å². The number of nitrogen functional groups attached to an aromatic ring is 1. The van der Waals surface area contributed by atoms with E-state index < -0.39 is 17.6 Å². The molecule has 0 atom stereocenters. The Morgan fingerprint density at radius 1 is 1.20 bits per heavy atom. The lowest BCUT2D eigenvalue weighted by atomic mass is 10.1. The van der Waals surface area contributed by atoms with Crippen LogP contribution in [-0.4, -0.2) is 17.1 Å². The van der Waals surface area contributed by atoms with Gasteiger partial charge in [0.15, 0.2) is 11.6 Å². The molecule has 0 aliphatic carbocycles. The van der Waals surface area contributed by atoms with Gasteiger partial charge in [0.25, 0.3) is 0 Å². The molecule has 0 unspecified atom stereocenters. The Labute approximate surface area is 111 Å². The molecule has 1 aromatic heterocycles. The highest BCUT2D eigenvalue weighted by Crippen LogP contribution is 2.37. The number of rotatable bonds is 2. The molecule has 0 amide bonds. The predicted molar refractivity (Wildman–Crippen MR) is 63.4 cm³/mol. The number of halogens is 4. The lowest BCUT2D eigenvalue weighted by Crippen LogP contribution is -2.08. The van der Waals surface area contributed by atoms with Gasteiger partial charge in [0.05, 0.1) is 12.7 Å². The fourth-order valence-corrected chi connectivity index (χ4v) is 1.68. The van der Waals surface area contributed by atoms with E-state index in [1.807, 2.05) is 0 Å². The van der Waals surface area contributed by atoms with E-state index in [4.69, 9.17) is 10.5 Å². The third kappa shape index (κ3) is 2.49. The Hall–Kier alpha value is -2.38. The van der Waals surface area contributed by atoms with E-state index in [0.29, 0.717) is 6.07 Å². The Balaban J connectivity index is 2.63. The molecule has 1 aromatic carbocycles. The van der Waals surface area contributed by atoms with Crippen LogP contribution in [0.2, 0.25) is 0 Å². The minimum atomic E-state index is -4.80. The van der Waals surface area contributed by atoms with Crippen LogP contribution in [0.15, 0.2) is 24.5 Å². The second-order valence-corrected chi connectivity index (χ2v) is 3.83. The lowest BCUT2D eigenvalue weighted by molar-refractivity contribution is -0.139. The summed E-state index contributed by atoms with van der Waals surface area (Å²) < 4.78 is 56.2. The van der Waals surface area contributed by atoms with E-state index in [9.17, 15) is 17.6 Å². The average molecular weight is 287 g/mol. The summed E-state index contributed by atoms with van der Waals surface area (Å²) in [6, 6.07) is 2.53. The maximum absolute atomic E-state index is 13.2. The van der Waals surface area contributed by atoms with Crippen LogP contribution < -0.4 is 10.5 Å². The summed E-state index contributed by atoms with van der Waals surface area (Å²) in [6.07, 6.45) is -3.71. The van der Waals surface area contributed by atoms with Crippen molar-refractivity contribution in [2.45, 2.75) is 6.18 Å². The van der Waals surface area contributed by atoms with Crippen molar-refractivity contribution < 1.29 is 22.3 Å². The zero-order valence-corrected chi connectivity index (χ0v) is 10.2. The molecule has 0 aliphatic rings. The maximum Gasteiger partial charge on any atom is 0.419 e. The number of nitrogens with zero attached hydrogens (tertiary/aromatic N) is 2. The van der Waals surface area contributed by atoms with Crippen LogP contribution in [0, 0.1) is 5.82 Å². The number of aromatic nitrogens is 2. The van der Waals surface area contributed by atoms with Gasteiger partial charge < -0.3 is 10.5 Å². The number of hydrogen-bond acceptors (Lipinski definition) is 4.